The molecule has 3 nitrogen and oxygen atoms in total. The number of aromatic nitrogens is 1. The second-order valence-electron chi connectivity index (χ2n) is 17.7. The van der Waals surface area contributed by atoms with Gasteiger partial charge in [0.25, 0.3) is 0 Å². The second-order valence-corrected chi connectivity index (χ2v) is 17.7. The highest BCUT2D eigenvalue weighted by molar-refractivity contribution is 6.13. The third-order valence-electron chi connectivity index (χ3n) is 14.3. The van der Waals surface area contributed by atoms with E-state index in [0.717, 1.165) is 34.1 Å². The first-order valence-electron chi connectivity index (χ1n) is 22.8. The molecule has 1 aliphatic heterocycles. The molecular formula is C63H41N3. The van der Waals surface area contributed by atoms with E-state index >= 15 is 0 Å². The Balaban J connectivity index is 1.11. The molecule has 3 heteroatoms. The van der Waals surface area contributed by atoms with Gasteiger partial charge in [-0.05, 0) is 128 Å². The normalized spacial score (nSPS) is 14.4. The molecule has 308 valence electrons. The number of hydrogen-bond donors (Lipinski definition) is 0. The number of fused-ring (bicyclic) bond motifs is 14. The monoisotopic (exact) mass is 839 g/mol. The van der Waals surface area contributed by atoms with Gasteiger partial charge in [0.2, 0.25) is 0 Å². The van der Waals surface area contributed by atoms with Crippen LogP contribution in [0, 0.1) is 0 Å². The number of benzene rings is 11. The standard InChI is InChI=1S/C63H41N3/c1-3-21-46(22-4-1)64(48-35-33-42-17-7-9-19-44(42)39-48)50-37-38-53-57(41-50)63(54-27-12-14-31-59(54)66-58-30-13-11-25-51(58)52-26-15-29-56(63)62(52)66)55-28-16-32-60(61(53)55)65(47-23-5-2-6-24-47)49-36-34-43-18-8-10-20-45(43)40-49/h1-41H. The zero-order valence-electron chi connectivity index (χ0n) is 36.0. The molecule has 0 amide bonds. The van der Waals surface area contributed by atoms with Crippen molar-refractivity contribution in [3.8, 4) is 16.8 Å². The van der Waals surface area contributed by atoms with Crippen molar-refractivity contribution in [1.82, 2.24) is 4.57 Å². The number of rotatable bonds is 6. The smallest absolute Gasteiger partial charge is 0.0756 e. The first kappa shape index (κ1) is 36.8. The van der Waals surface area contributed by atoms with Crippen LogP contribution in [-0.2, 0) is 5.41 Å². The van der Waals surface area contributed by atoms with Crippen molar-refractivity contribution in [2.24, 2.45) is 0 Å². The molecule has 0 N–H and O–H groups in total. The van der Waals surface area contributed by atoms with Gasteiger partial charge in [-0.1, -0.05) is 170 Å². The molecule has 0 bridgehead atoms. The minimum absolute atomic E-state index is 0.672. The van der Waals surface area contributed by atoms with E-state index in [-0.39, 0.29) is 0 Å². The van der Waals surface area contributed by atoms with Crippen LogP contribution in [-0.4, -0.2) is 4.57 Å². The molecule has 1 aliphatic carbocycles. The highest BCUT2D eigenvalue weighted by Crippen LogP contribution is 2.64. The lowest BCUT2D eigenvalue weighted by atomic mass is 9.65. The van der Waals surface area contributed by atoms with Crippen molar-refractivity contribution in [1.29, 1.82) is 0 Å². The summed E-state index contributed by atoms with van der Waals surface area (Å²) >= 11 is 0. The summed E-state index contributed by atoms with van der Waals surface area (Å²) in [4.78, 5) is 4.90. The van der Waals surface area contributed by atoms with E-state index in [9.17, 15) is 0 Å². The Morgan fingerprint density at radius 1 is 0.318 bits per heavy atom. The van der Waals surface area contributed by atoms with Gasteiger partial charge in [-0.2, -0.15) is 0 Å². The lowest BCUT2D eigenvalue weighted by molar-refractivity contribution is 0.748. The summed E-state index contributed by atoms with van der Waals surface area (Å²) in [6.45, 7) is 0. The maximum Gasteiger partial charge on any atom is 0.0756 e. The van der Waals surface area contributed by atoms with Crippen LogP contribution in [0.2, 0.25) is 0 Å². The number of para-hydroxylation sites is 5. The maximum absolute atomic E-state index is 2.53. The van der Waals surface area contributed by atoms with Crippen molar-refractivity contribution in [2.45, 2.75) is 5.41 Å². The summed E-state index contributed by atoms with van der Waals surface area (Å²) in [7, 11) is 0. The molecule has 2 heterocycles. The largest absolute Gasteiger partial charge is 0.310 e. The topological polar surface area (TPSA) is 11.4 Å². The average Bonchev–Trinajstić information content (AvgIpc) is 3.88. The fourth-order valence-corrected chi connectivity index (χ4v) is 11.6. The summed E-state index contributed by atoms with van der Waals surface area (Å²) in [5.74, 6) is 0. The predicted molar refractivity (Wildman–Crippen MR) is 276 cm³/mol. The number of anilines is 6. The molecule has 11 aromatic carbocycles. The second kappa shape index (κ2) is 14.2. The van der Waals surface area contributed by atoms with E-state index < -0.39 is 5.41 Å². The molecule has 0 saturated carbocycles. The van der Waals surface area contributed by atoms with E-state index in [2.05, 4.69) is 263 Å². The summed E-state index contributed by atoms with van der Waals surface area (Å²) < 4.78 is 2.53. The highest BCUT2D eigenvalue weighted by atomic mass is 15.2. The van der Waals surface area contributed by atoms with Gasteiger partial charge in [-0.15, -0.1) is 0 Å². The predicted octanol–water partition coefficient (Wildman–Crippen LogP) is 16.7. The molecule has 0 radical (unpaired) electrons. The summed E-state index contributed by atoms with van der Waals surface area (Å²) in [6, 6.07) is 92.1. The van der Waals surface area contributed by atoms with Crippen molar-refractivity contribution < 1.29 is 0 Å². The zero-order chi connectivity index (χ0) is 43.3. The Labute approximate surface area is 383 Å². The molecule has 14 rings (SSSR count). The minimum Gasteiger partial charge on any atom is -0.310 e. The number of hydrogen-bond acceptors (Lipinski definition) is 2. The third kappa shape index (κ3) is 5.14. The van der Waals surface area contributed by atoms with Gasteiger partial charge in [0.15, 0.2) is 0 Å². The fourth-order valence-electron chi connectivity index (χ4n) is 11.6. The van der Waals surface area contributed by atoms with Crippen LogP contribution in [0.3, 0.4) is 0 Å². The van der Waals surface area contributed by atoms with Gasteiger partial charge in [0.1, 0.15) is 0 Å². The van der Waals surface area contributed by atoms with Crippen LogP contribution in [0.1, 0.15) is 22.3 Å². The van der Waals surface area contributed by atoms with E-state index in [4.69, 9.17) is 0 Å². The van der Waals surface area contributed by atoms with Gasteiger partial charge < -0.3 is 14.4 Å². The quantitative estimate of drug-likeness (QED) is 0.165. The molecule has 0 fully saturated rings. The summed E-state index contributed by atoms with van der Waals surface area (Å²) in [5, 5.41) is 7.40. The van der Waals surface area contributed by atoms with Crippen molar-refractivity contribution in [3.05, 3.63) is 271 Å². The summed E-state index contributed by atoms with van der Waals surface area (Å²) in [6.07, 6.45) is 0. The molecule has 2 aliphatic rings. The number of nitrogens with zero attached hydrogens (tertiary/aromatic N) is 3. The Kier molecular flexibility index (Phi) is 7.90. The van der Waals surface area contributed by atoms with Gasteiger partial charge in [0, 0.05) is 44.8 Å². The molecule has 12 aromatic rings. The lowest BCUT2D eigenvalue weighted by Gasteiger charge is -2.40. The van der Waals surface area contributed by atoms with Crippen molar-refractivity contribution in [3.63, 3.8) is 0 Å². The first-order valence-corrected chi connectivity index (χ1v) is 22.8. The van der Waals surface area contributed by atoms with E-state index in [1.54, 1.807) is 0 Å². The Bertz CT molecular complexity index is 3900. The zero-order valence-corrected chi connectivity index (χ0v) is 36.0. The Hall–Kier alpha value is -8.66. The van der Waals surface area contributed by atoms with Crippen LogP contribution < -0.4 is 9.80 Å². The van der Waals surface area contributed by atoms with Gasteiger partial charge in [-0.3, -0.25) is 0 Å². The molecule has 1 unspecified atom stereocenters. The molecule has 1 spiro atoms. The first-order chi connectivity index (χ1) is 32.8. The van der Waals surface area contributed by atoms with Gasteiger partial charge in [-0.25, -0.2) is 0 Å². The van der Waals surface area contributed by atoms with Crippen LogP contribution in [0.15, 0.2) is 249 Å². The van der Waals surface area contributed by atoms with E-state index in [0.29, 0.717) is 0 Å². The summed E-state index contributed by atoms with van der Waals surface area (Å²) in [5.41, 5.74) is 17.3. The van der Waals surface area contributed by atoms with E-state index in [1.807, 2.05) is 0 Å². The van der Waals surface area contributed by atoms with Crippen LogP contribution in [0.5, 0.6) is 0 Å². The van der Waals surface area contributed by atoms with Gasteiger partial charge >= 0.3 is 0 Å². The molecule has 66 heavy (non-hydrogen) atoms. The van der Waals surface area contributed by atoms with Gasteiger partial charge in [0.05, 0.1) is 27.8 Å². The Morgan fingerprint density at radius 2 is 0.848 bits per heavy atom. The highest BCUT2D eigenvalue weighted by Gasteiger charge is 2.52. The molecule has 1 atom stereocenters. The minimum atomic E-state index is -0.672. The molecule has 1 aromatic heterocycles. The third-order valence-corrected chi connectivity index (χ3v) is 14.3. The molecule has 0 saturated heterocycles. The van der Waals surface area contributed by atoms with Crippen molar-refractivity contribution >= 4 is 77.5 Å². The Morgan fingerprint density at radius 3 is 1.59 bits per heavy atom. The van der Waals surface area contributed by atoms with Crippen molar-refractivity contribution in [2.75, 3.05) is 9.80 Å². The molecular weight excluding hydrogens is 799 g/mol. The maximum atomic E-state index is 2.53. The SMILES string of the molecule is c1ccc(N(c2ccc3c(c2)C2(c4ccccc4-n4c5ccccc5c5cccc2c54)c2cccc(N(c4ccccc4)c4ccc5ccccc5c4)c2-3)c2ccc3ccccc3c2)cc1. The van der Waals surface area contributed by atoms with Crippen LogP contribution >= 0.6 is 0 Å². The lowest BCUT2D eigenvalue weighted by Crippen LogP contribution is -2.33. The van der Waals surface area contributed by atoms with E-state index in [1.165, 1.54) is 82.4 Å². The average molecular weight is 840 g/mol. The fraction of sp³-hybridized carbons (Fsp3) is 0.0159. The van der Waals surface area contributed by atoms with Crippen LogP contribution in [0.4, 0.5) is 34.1 Å². The van der Waals surface area contributed by atoms with Crippen LogP contribution in [0.25, 0.3) is 60.2 Å².